The van der Waals surface area contributed by atoms with Gasteiger partial charge in [0.2, 0.25) is 0 Å². The molecule has 0 aliphatic carbocycles. The zero-order valence-corrected chi connectivity index (χ0v) is 10.6. The lowest BCUT2D eigenvalue weighted by Crippen LogP contribution is -2.24. The van der Waals surface area contributed by atoms with Gasteiger partial charge in [-0.3, -0.25) is 0 Å². The van der Waals surface area contributed by atoms with E-state index in [0.717, 1.165) is 0 Å². The Kier molecular flexibility index (Phi) is 3.65. The highest BCUT2D eigenvalue weighted by atomic mass is 32.2. The Bertz CT molecular complexity index is 300. The fraction of sp³-hybridized carbons (Fsp3) is 0.538. The number of thioether (sulfide) groups is 1. The maximum atomic E-state index is 2.32. The summed E-state index contributed by atoms with van der Waals surface area (Å²) < 4.78 is 0. The van der Waals surface area contributed by atoms with E-state index < -0.39 is 0 Å². The van der Waals surface area contributed by atoms with Crippen molar-refractivity contribution in [2.24, 2.45) is 5.92 Å². The Morgan fingerprint density at radius 2 is 1.86 bits per heavy atom. The van der Waals surface area contributed by atoms with Crippen molar-refractivity contribution >= 4 is 11.8 Å². The Balaban J connectivity index is 3.06. The molecule has 78 valence electrons. The largest absolute Gasteiger partial charge is 0.130 e. The SMILES string of the molecule is CSc1cccc(C(C)(C)C(C)C)c1. The van der Waals surface area contributed by atoms with Crippen LogP contribution in [0.3, 0.4) is 0 Å². The third-order valence-electron chi connectivity index (χ3n) is 3.26. The molecule has 0 unspecified atom stereocenters. The number of benzene rings is 1. The predicted octanol–water partition coefficient (Wildman–Crippen LogP) is 4.34. The molecule has 0 saturated carbocycles. The molecule has 0 nitrogen and oxygen atoms in total. The molecule has 0 spiro atoms. The summed E-state index contributed by atoms with van der Waals surface area (Å²) >= 11 is 1.81. The summed E-state index contributed by atoms with van der Waals surface area (Å²) in [6.45, 7) is 9.20. The predicted molar refractivity (Wildman–Crippen MR) is 66.1 cm³/mol. The van der Waals surface area contributed by atoms with Gasteiger partial charge in [-0.25, -0.2) is 0 Å². The molecule has 14 heavy (non-hydrogen) atoms. The first-order valence-corrected chi connectivity index (χ1v) is 6.35. The van der Waals surface area contributed by atoms with Gasteiger partial charge >= 0.3 is 0 Å². The summed E-state index contributed by atoms with van der Waals surface area (Å²) in [7, 11) is 0. The van der Waals surface area contributed by atoms with Crippen molar-refractivity contribution < 1.29 is 0 Å². The number of hydrogen-bond donors (Lipinski definition) is 0. The van der Waals surface area contributed by atoms with E-state index in [1.54, 1.807) is 0 Å². The molecule has 0 fully saturated rings. The van der Waals surface area contributed by atoms with Gasteiger partial charge in [-0.1, -0.05) is 39.8 Å². The van der Waals surface area contributed by atoms with Crippen LogP contribution in [0.25, 0.3) is 0 Å². The second kappa shape index (κ2) is 4.39. The van der Waals surface area contributed by atoms with Gasteiger partial charge in [0.1, 0.15) is 0 Å². The molecule has 0 heterocycles. The van der Waals surface area contributed by atoms with Gasteiger partial charge in [-0.05, 0) is 35.3 Å². The van der Waals surface area contributed by atoms with Gasteiger partial charge in [-0.2, -0.15) is 0 Å². The molecular formula is C13H20S. The normalized spacial score (nSPS) is 12.1. The minimum atomic E-state index is 0.270. The molecule has 0 aliphatic heterocycles. The van der Waals surface area contributed by atoms with Gasteiger partial charge < -0.3 is 0 Å². The molecule has 0 bridgehead atoms. The lowest BCUT2D eigenvalue weighted by Gasteiger charge is -2.30. The molecule has 0 N–H and O–H groups in total. The van der Waals surface area contributed by atoms with Crippen LogP contribution in [0.4, 0.5) is 0 Å². The van der Waals surface area contributed by atoms with Crippen LogP contribution >= 0.6 is 11.8 Å². The van der Waals surface area contributed by atoms with Crippen LogP contribution in [0, 0.1) is 5.92 Å². The molecule has 1 heteroatoms. The van der Waals surface area contributed by atoms with E-state index in [4.69, 9.17) is 0 Å². The van der Waals surface area contributed by atoms with Crippen LogP contribution in [0.1, 0.15) is 33.3 Å². The van der Waals surface area contributed by atoms with Gasteiger partial charge in [-0.15, -0.1) is 11.8 Å². The van der Waals surface area contributed by atoms with E-state index in [1.165, 1.54) is 10.5 Å². The average Bonchev–Trinajstić information content (AvgIpc) is 2.17. The van der Waals surface area contributed by atoms with Gasteiger partial charge in [0.25, 0.3) is 0 Å². The fourth-order valence-corrected chi connectivity index (χ4v) is 1.82. The summed E-state index contributed by atoms with van der Waals surface area (Å²) in [5.41, 5.74) is 1.71. The van der Waals surface area contributed by atoms with E-state index in [1.807, 2.05) is 11.8 Å². The van der Waals surface area contributed by atoms with Crippen LogP contribution in [0.5, 0.6) is 0 Å². The standard InChI is InChI=1S/C13H20S/c1-10(2)13(3,4)11-7-6-8-12(9-11)14-5/h6-10H,1-5H3. The summed E-state index contributed by atoms with van der Waals surface area (Å²) in [6, 6.07) is 8.88. The van der Waals surface area contributed by atoms with Crippen molar-refractivity contribution in [3.8, 4) is 0 Å². The smallest absolute Gasteiger partial charge is 0.00720 e. The highest BCUT2D eigenvalue weighted by Crippen LogP contribution is 2.32. The number of hydrogen-bond acceptors (Lipinski definition) is 1. The maximum Gasteiger partial charge on any atom is 0.00720 e. The molecule has 0 amide bonds. The first-order valence-electron chi connectivity index (χ1n) is 5.13. The first kappa shape index (κ1) is 11.6. The zero-order valence-electron chi connectivity index (χ0n) is 9.79. The monoisotopic (exact) mass is 208 g/mol. The lowest BCUT2D eigenvalue weighted by molar-refractivity contribution is 0.371. The van der Waals surface area contributed by atoms with E-state index in [2.05, 4.69) is 58.2 Å². The van der Waals surface area contributed by atoms with Crippen molar-refractivity contribution in [2.75, 3.05) is 6.26 Å². The second-order valence-electron chi connectivity index (χ2n) is 4.61. The van der Waals surface area contributed by atoms with Crippen molar-refractivity contribution in [2.45, 2.75) is 38.0 Å². The van der Waals surface area contributed by atoms with Crippen molar-refractivity contribution in [3.05, 3.63) is 29.8 Å². The molecule has 0 aliphatic rings. The quantitative estimate of drug-likeness (QED) is 0.666. The van der Waals surface area contributed by atoms with E-state index in [0.29, 0.717) is 5.92 Å². The molecule has 0 radical (unpaired) electrons. The second-order valence-corrected chi connectivity index (χ2v) is 5.49. The lowest BCUT2D eigenvalue weighted by atomic mass is 9.75. The highest BCUT2D eigenvalue weighted by Gasteiger charge is 2.24. The van der Waals surface area contributed by atoms with Crippen LogP contribution in [-0.2, 0) is 5.41 Å². The van der Waals surface area contributed by atoms with Gasteiger partial charge in [0.15, 0.2) is 0 Å². The van der Waals surface area contributed by atoms with Crippen LogP contribution in [0.2, 0.25) is 0 Å². The van der Waals surface area contributed by atoms with Crippen molar-refractivity contribution in [1.29, 1.82) is 0 Å². The van der Waals surface area contributed by atoms with Crippen LogP contribution in [0.15, 0.2) is 29.2 Å². The Morgan fingerprint density at radius 1 is 1.21 bits per heavy atom. The molecule has 1 rings (SSSR count). The van der Waals surface area contributed by atoms with Gasteiger partial charge in [0.05, 0.1) is 0 Å². The molecule has 1 aromatic carbocycles. The van der Waals surface area contributed by atoms with Gasteiger partial charge in [0, 0.05) is 4.90 Å². The summed E-state index contributed by atoms with van der Waals surface area (Å²) in [4.78, 5) is 1.36. The zero-order chi connectivity index (χ0) is 10.8. The molecular weight excluding hydrogens is 188 g/mol. The first-order chi connectivity index (χ1) is 6.48. The summed E-state index contributed by atoms with van der Waals surface area (Å²) in [5.74, 6) is 0.666. The van der Waals surface area contributed by atoms with Crippen molar-refractivity contribution in [3.63, 3.8) is 0 Å². The van der Waals surface area contributed by atoms with Crippen LogP contribution < -0.4 is 0 Å². The minimum Gasteiger partial charge on any atom is -0.130 e. The summed E-state index contributed by atoms with van der Waals surface area (Å²) in [5, 5.41) is 0. The molecule has 0 atom stereocenters. The van der Waals surface area contributed by atoms with Crippen LogP contribution in [-0.4, -0.2) is 6.26 Å². The third-order valence-corrected chi connectivity index (χ3v) is 3.98. The fourth-order valence-electron chi connectivity index (χ4n) is 1.36. The minimum absolute atomic E-state index is 0.270. The highest BCUT2D eigenvalue weighted by molar-refractivity contribution is 7.98. The third kappa shape index (κ3) is 2.33. The van der Waals surface area contributed by atoms with E-state index in [-0.39, 0.29) is 5.41 Å². The number of rotatable bonds is 3. The van der Waals surface area contributed by atoms with E-state index >= 15 is 0 Å². The molecule has 0 aromatic heterocycles. The molecule has 0 saturated heterocycles. The van der Waals surface area contributed by atoms with E-state index in [9.17, 15) is 0 Å². The topological polar surface area (TPSA) is 0 Å². The Labute approximate surface area is 92.1 Å². The average molecular weight is 208 g/mol. The Hall–Kier alpha value is -0.430. The van der Waals surface area contributed by atoms with Crippen molar-refractivity contribution in [1.82, 2.24) is 0 Å². The Morgan fingerprint density at radius 3 is 2.36 bits per heavy atom. The maximum absolute atomic E-state index is 2.32. The molecule has 1 aromatic rings. The summed E-state index contributed by atoms with van der Waals surface area (Å²) in [6.07, 6.45) is 2.13.